The van der Waals surface area contributed by atoms with E-state index in [9.17, 15) is 14.7 Å². The highest BCUT2D eigenvalue weighted by Gasteiger charge is 2.41. The Hall–Kier alpha value is -4.19. The number of Topliss-reactive ketones (excluding diaryl/α,β-unsaturated/α-hetero) is 2. The summed E-state index contributed by atoms with van der Waals surface area (Å²) in [5, 5.41) is 11.9. The molecule has 3 N–H and O–H groups in total. The first-order valence-electron chi connectivity index (χ1n) is 14.1. The van der Waals surface area contributed by atoms with E-state index in [0.29, 0.717) is 40.6 Å². The van der Waals surface area contributed by atoms with Crippen molar-refractivity contribution in [2.75, 3.05) is 12.3 Å². The van der Waals surface area contributed by atoms with E-state index in [4.69, 9.17) is 15.5 Å². The molecule has 1 aliphatic rings. The van der Waals surface area contributed by atoms with Crippen LogP contribution in [0.15, 0.2) is 60.7 Å². The van der Waals surface area contributed by atoms with Crippen molar-refractivity contribution in [2.45, 2.75) is 71.1 Å². The molecule has 0 saturated heterocycles. The first-order valence-corrected chi connectivity index (χ1v) is 14.1. The normalized spacial score (nSPS) is 15.4. The number of nitrogens with two attached hydrogens (primary N) is 1. The van der Waals surface area contributed by atoms with Crippen LogP contribution in [0.3, 0.4) is 0 Å². The van der Waals surface area contributed by atoms with Crippen molar-refractivity contribution in [1.29, 1.82) is 0 Å². The molecule has 41 heavy (non-hydrogen) atoms. The number of ether oxygens (including phenoxy) is 1. The highest BCUT2D eigenvalue weighted by atomic mass is 16.5. The van der Waals surface area contributed by atoms with Gasteiger partial charge < -0.3 is 15.6 Å². The Balaban J connectivity index is 1.36. The van der Waals surface area contributed by atoms with Crippen molar-refractivity contribution >= 4 is 28.2 Å². The van der Waals surface area contributed by atoms with Gasteiger partial charge in [0.1, 0.15) is 22.9 Å². The van der Waals surface area contributed by atoms with Crippen LogP contribution >= 0.6 is 0 Å². The van der Waals surface area contributed by atoms with E-state index in [-0.39, 0.29) is 28.0 Å². The number of pyridine rings is 1. The molecule has 0 bridgehead atoms. The van der Waals surface area contributed by atoms with Crippen LogP contribution in [-0.2, 0) is 17.3 Å². The zero-order chi connectivity index (χ0) is 29.7. The zero-order valence-electron chi connectivity index (χ0n) is 24.7. The molecule has 6 nitrogen and oxygen atoms in total. The molecule has 0 radical (unpaired) electrons. The molecule has 1 aliphatic carbocycles. The van der Waals surface area contributed by atoms with Gasteiger partial charge in [-0.1, -0.05) is 84.0 Å². The molecule has 6 heteroatoms. The quantitative estimate of drug-likeness (QED) is 0.148. The number of hydrogen-bond donors (Lipinski definition) is 2. The van der Waals surface area contributed by atoms with E-state index in [2.05, 4.69) is 53.7 Å². The molecule has 1 aromatic heterocycles. The number of ketones is 2. The van der Waals surface area contributed by atoms with Crippen molar-refractivity contribution in [1.82, 2.24) is 4.98 Å². The van der Waals surface area contributed by atoms with Crippen LogP contribution in [0.25, 0.3) is 10.9 Å². The predicted octanol–water partition coefficient (Wildman–Crippen LogP) is 7.29. The summed E-state index contributed by atoms with van der Waals surface area (Å²) in [4.78, 5) is 31.1. The van der Waals surface area contributed by atoms with Crippen LogP contribution in [-0.4, -0.2) is 28.3 Å². The van der Waals surface area contributed by atoms with Crippen molar-refractivity contribution in [3.63, 3.8) is 0 Å². The van der Waals surface area contributed by atoms with Gasteiger partial charge in [0, 0.05) is 16.6 Å². The number of phenolic OH excluding ortho intramolecular Hbond substituents is 1. The van der Waals surface area contributed by atoms with Crippen molar-refractivity contribution in [3.05, 3.63) is 94.2 Å². The lowest BCUT2D eigenvalue weighted by Gasteiger charge is -2.28. The third kappa shape index (κ3) is 5.31. The second-order valence-electron chi connectivity index (χ2n) is 13.0. The number of phenols is 1. The summed E-state index contributed by atoms with van der Waals surface area (Å²) in [6.45, 7) is 13.2. The van der Waals surface area contributed by atoms with Gasteiger partial charge in [-0.25, -0.2) is 4.98 Å². The molecule has 0 spiro atoms. The first-order chi connectivity index (χ1) is 19.3. The van der Waals surface area contributed by atoms with Crippen molar-refractivity contribution < 1.29 is 19.4 Å². The van der Waals surface area contributed by atoms with E-state index >= 15 is 0 Å². The topological polar surface area (TPSA) is 103 Å². The molecule has 4 aromatic rings. The van der Waals surface area contributed by atoms with Gasteiger partial charge in [0.15, 0.2) is 11.6 Å². The lowest BCUT2D eigenvalue weighted by atomic mass is 9.78. The lowest BCUT2D eigenvalue weighted by Crippen LogP contribution is -2.18. The maximum absolute atomic E-state index is 13.2. The molecular weight excluding hydrogens is 512 g/mol. The number of hydrogen-bond acceptors (Lipinski definition) is 6. The maximum Gasteiger partial charge on any atom is 0.182 e. The average Bonchev–Trinajstić information content (AvgIpc) is 3.16. The molecule has 0 fully saturated rings. The third-order valence-corrected chi connectivity index (χ3v) is 7.79. The Kier molecular flexibility index (Phi) is 7.14. The van der Waals surface area contributed by atoms with E-state index in [1.54, 1.807) is 24.3 Å². The second kappa shape index (κ2) is 10.3. The van der Waals surface area contributed by atoms with E-state index < -0.39 is 5.92 Å². The third-order valence-electron chi connectivity index (χ3n) is 7.79. The number of carbonyl (C=O) groups excluding carboxylic acids is 2. The summed E-state index contributed by atoms with van der Waals surface area (Å²) in [7, 11) is 0. The molecule has 0 amide bonds. The highest BCUT2D eigenvalue weighted by molar-refractivity contribution is 6.31. The standard InChI is InChI=1S/C35H38N2O4/c1-34(2,3)23-18-20(19-24(32(23)39)35(4,5)6)10-9-17-41-27-14-7-11-21-15-16-26(37-30(21)27)29-31(38)22-12-8-13-25(36)28(22)33(29)40/h7-8,11-16,18-19,29,39H,9-10,17,36H2,1-6H3. The summed E-state index contributed by atoms with van der Waals surface area (Å²) in [6.07, 6.45) is 1.56. The summed E-state index contributed by atoms with van der Waals surface area (Å²) in [5.74, 6) is -0.605. The summed E-state index contributed by atoms with van der Waals surface area (Å²) in [6, 6.07) is 18.5. The monoisotopic (exact) mass is 550 g/mol. The van der Waals surface area contributed by atoms with E-state index in [1.165, 1.54) is 0 Å². The smallest absolute Gasteiger partial charge is 0.182 e. The zero-order valence-corrected chi connectivity index (χ0v) is 24.7. The van der Waals surface area contributed by atoms with Crippen LogP contribution in [0.1, 0.15) is 97.0 Å². The number of fused-ring (bicyclic) bond motifs is 2. The number of rotatable bonds is 6. The lowest BCUT2D eigenvalue weighted by molar-refractivity contribution is 0.0888. The van der Waals surface area contributed by atoms with Gasteiger partial charge in [-0.05, 0) is 58.6 Å². The molecule has 0 aliphatic heterocycles. The summed E-state index contributed by atoms with van der Waals surface area (Å²) >= 11 is 0. The van der Waals surface area contributed by atoms with E-state index in [1.807, 2.05) is 24.3 Å². The van der Waals surface area contributed by atoms with Crippen LogP contribution in [0, 0.1) is 0 Å². The number of aromatic hydroxyl groups is 1. The number of carbonyl (C=O) groups is 2. The van der Waals surface area contributed by atoms with Gasteiger partial charge >= 0.3 is 0 Å². The Morgan fingerprint density at radius 1 is 0.878 bits per heavy atom. The minimum absolute atomic E-state index is 0.182. The Morgan fingerprint density at radius 3 is 2.17 bits per heavy atom. The fourth-order valence-corrected chi connectivity index (χ4v) is 5.59. The van der Waals surface area contributed by atoms with Crippen LogP contribution in [0.5, 0.6) is 11.5 Å². The number of aryl methyl sites for hydroxylation is 1. The fourth-order valence-electron chi connectivity index (χ4n) is 5.59. The van der Waals surface area contributed by atoms with E-state index in [0.717, 1.165) is 34.9 Å². The molecule has 212 valence electrons. The van der Waals surface area contributed by atoms with Gasteiger partial charge in [-0.2, -0.15) is 0 Å². The predicted molar refractivity (Wildman–Crippen MR) is 163 cm³/mol. The summed E-state index contributed by atoms with van der Waals surface area (Å²) in [5.41, 5.74) is 10.7. The Bertz CT molecular complexity index is 1640. The number of benzene rings is 3. The number of para-hydroxylation sites is 1. The van der Waals surface area contributed by atoms with Crippen molar-refractivity contribution in [2.24, 2.45) is 0 Å². The van der Waals surface area contributed by atoms with Gasteiger partial charge in [0.2, 0.25) is 0 Å². The van der Waals surface area contributed by atoms with Gasteiger partial charge in [0.05, 0.1) is 17.9 Å². The Labute approximate surface area is 241 Å². The SMILES string of the molecule is CC(C)(C)c1cc(CCCOc2cccc3ccc(C4C(=O)c5cccc(N)c5C4=O)nc23)cc(C(C)(C)C)c1O. The molecule has 5 rings (SSSR count). The van der Waals surface area contributed by atoms with Crippen LogP contribution < -0.4 is 10.5 Å². The largest absolute Gasteiger partial charge is 0.507 e. The fraction of sp³-hybridized carbons (Fsp3) is 0.343. The molecule has 3 aromatic carbocycles. The van der Waals surface area contributed by atoms with Gasteiger partial charge in [-0.15, -0.1) is 0 Å². The molecular formula is C35H38N2O4. The number of nitrogen functional groups attached to an aromatic ring is 1. The second-order valence-corrected chi connectivity index (χ2v) is 13.0. The minimum Gasteiger partial charge on any atom is -0.507 e. The van der Waals surface area contributed by atoms with Gasteiger partial charge in [0.25, 0.3) is 0 Å². The maximum atomic E-state index is 13.2. The number of aromatic nitrogens is 1. The molecule has 1 unspecified atom stereocenters. The van der Waals surface area contributed by atoms with Crippen LogP contribution in [0.2, 0.25) is 0 Å². The molecule has 0 saturated carbocycles. The van der Waals surface area contributed by atoms with Crippen molar-refractivity contribution in [3.8, 4) is 11.5 Å². The number of nitrogens with zero attached hydrogens (tertiary/aromatic N) is 1. The molecule has 1 heterocycles. The molecule has 1 atom stereocenters. The number of anilines is 1. The van der Waals surface area contributed by atoms with Gasteiger partial charge in [-0.3, -0.25) is 9.59 Å². The highest BCUT2D eigenvalue weighted by Crippen LogP contribution is 2.40. The average molecular weight is 551 g/mol. The minimum atomic E-state index is -1.00. The summed E-state index contributed by atoms with van der Waals surface area (Å²) < 4.78 is 6.21. The Morgan fingerprint density at radius 2 is 1.54 bits per heavy atom. The first kappa shape index (κ1) is 28.3. The van der Waals surface area contributed by atoms with Crippen LogP contribution in [0.4, 0.5) is 5.69 Å².